The van der Waals surface area contributed by atoms with E-state index in [0.717, 1.165) is 16.8 Å². The van der Waals surface area contributed by atoms with Crippen LogP contribution in [0.1, 0.15) is 35.3 Å². The number of aryl methyl sites for hydroxylation is 1. The van der Waals surface area contributed by atoms with Crippen molar-refractivity contribution in [3.05, 3.63) is 95.3 Å². The van der Waals surface area contributed by atoms with Crippen LogP contribution < -0.4 is 4.90 Å². The molecular weight excluding hydrogens is 336 g/mol. The normalized spacial score (nSPS) is 19.8. The van der Waals surface area contributed by atoms with Gasteiger partial charge < -0.3 is 10.0 Å². The van der Waals surface area contributed by atoms with Gasteiger partial charge in [0.15, 0.2) is 5.60 Å². The van der Waals surface area contributed by atoms with Gasteiger partial charge in [-0.15, -0.1) is 0 Å². The molecule has 4 rings (SSSR count). The molecule has 0 aliphatic carbocycles. The summed E-state index contributed by atoms with van der Waals surface area (Å²) in [6.07, 6.45) is 1.83. The van der Waals surface area contributed by atoms with E-state index in [1.807, 2.05) is 80.6 Å². The van der Waals surface area contributed by atoms with Crippen LogP contribution >= 0.6 is 0 Å². The minimum Gasteiger partial charge on any atom is -0.375 e. The van der Waals surface area contributed by atoms with E-state index < -0.39 is 5.60 Å². The van der Waals surface area contributed by atoms with Crippen molar-refractivity contribution in [3.63, 3.8) is 0 Å². The summed E-state index contributed by atoms with van der Waals surface area (Å²) in [6, 6.07) is 21.0. The molecule has 27 heavy (non-hydrogen) atoms. The number of anilines is 1. The number of rotatable bonds is 4. The molecule has 0 spiro atoms. The number of pyridine rings is 1. The largest absolute Gasteiger partial charge is 0.375 e. The highest BCUT2D eigenvalue weighted by Gasteiger charge is 2.51. The van der Waals surface area contributed by atoms with Crippen LogP contribution in [0.25, 0.3) is 0 Å². The van der Waals surface area contributed by atoms with E-state index >= 15 is 0 Å². The zero-order valence-electron chi connectivity index (χ0n) is 15.5. The van der Waals surface area contributed by atoms with Gasteiger partial charge in [-0.3, -0.25) is 9.78 Å². The first kappa shape index (κ1) is 17.4. The molecule has 1 aromatic heterocycles. The van der Waals surface area contributed by atoms with Crippen LogP contribution in [0.3, 0.4) is 0 Å². The first-order valence-corrected chi connectivity index (χ1v) is 9.13. The van der Waals surface area contributed by atoms with E-state index in [4.69, 9.17) is 0 Å². The number of fused-ring (bicyclic) bond motifs is 1. The summed E-state index contributed by atoms with van der Waals surface area (Å²) in [4.78, 5) is 19.5. The summed E-state index contributed by atoms with van der Waals surface area (Å²) in [5.41, 5.74) is 2.53. The molecule has 1 amide bonds. The molecule has 0 radical (unpaired) electrons. The van der Waals surface area contributed by atoms with Crippen molar-refractivity contribution in [3.8, 4) is 0 Å². The van der Waals surface area contributed by atoms with Crippen LogP contribution in [-0.2, 0) is 16.8 Å². The van der Waals surface area contributed by atoms with Crippen LogP contribution in [0.4, 0.5) is 5.69 Å². The lowest BCUT2D eigenvalue weighted by Crippen LogP contribution is -2.43. The highest BCUT2D eigenvalue weighted by atomic mass is 16.3. The lowest BCUT2D eigenvalue weighted by atomic mass is 9.89. The first-order chi connectivity index (χ1) is 13.0. The zero-order chi connectivity index (χ0) is 19.0. The number of benzene rings is 2. The molecule has 1 aliphatic rings. The minimum atomic E-state index is -1.61. The molecule has 136 valence electrons. The van der Waals surface area contributed by atoms with E-state index in [0.29, 0.717) is 11.3 Å². The van der Waals surface area contributed by atoms with Crippen molar-refractivity contribution >= 4 is 11.6 Å². The molecular formula is C23H22N2O2. The molecule has 2 atom stereocenters. The molecule has 1 N–H and O–H groups in total. The van der Waals surface area contributed by atoms with Gasteiger partial charge in [0.25, 0.3) is 5.91 Å². The molecule has 0 bridgehead atoms. The predicted octanol–water partition coefficient (Wildman–Crippen LogP) is 3.93. The molecule has 4 heteroatoms. The zero-order valence-corrected chi connectivity index (χ0v) is 15.5. The van der Waals surface area contributed by atoms with E-state index in [9.17, 15) is 9.90 Å². The highest BCUT2D eigenvalue weighted by molar-refractivity contribution is 6.07. The van der Waals surface area contributed by atoms with Crippen LogP contribution in [0.5, 0.6) is 0 Å². The Hall–Kier alpha value is -2.98. The number of aromatic nitrogens is 1. The number of amides is 1. The monoisotopic (exact) mass is 358 g/mol. The summed E-state index contributed by atoms with van der Waals surface area (Å²) < 4.78 is 0. The van der Waals surface area contributed by atoms with Gasteiger partial charge >= 0.3 is 0 Å². The third-order valence-electron chi connectivity index (χ3n) is 5.26. The summed E-state index contributed by atoms with van der Waals surface area (Å²) >= 11 is 0. The SMILES string of the molecule is Cc1ccc2c(c1)C(O)(Cc1ccccn1)C(=O)N2C(C)c1ccccc1. The van der Waals surface area contributed by atoms with Crippen molar-refractivity contribution in [1.29, 1.82) is 0 Å². The number of carbonyl (C=O) groups is 1. The Morgan fingerprint density at radius 3 is 2.52 bits per heavy atom. The Labute approximate surface area is 159 Å². The van der Waals surface area contributed by atoms with E-state index in [-0.39, 0.29) is 18.4 Å². The van der Waals surface area contributed by atoms with Crippen LogP contribution in [0, 0.1) is 6.92 Å². The number of carbonyl (C=O) groups excluding carboxylic acids is 1. The lowest BCUT2D eigenvalue weighted by Gasteiger charge is -2.28. The van der Waals surface area contributed by atoms with E-state index in [1.54, 1.807) is 11.1 Å². The third-order valence-corrected chi connectivity index (χ3v) is 5.26. The Bertz CT molecular complexity index is 972. The van der Waals surface area contributed by atoms with Crippen molar-refractivity contribution in [2.75, 3.05) is 4.90 Å². The van der Waals surface area contributed by atoms with Gasteiger partial charge in [-0.05, 0) is 37.6 Å². The van der Waals surface area contributed by atoms with Crippen LogP contribution in [0.2, 0.25) is 0 Å². The molecule has 0 fully saturated rings. The van der Waals surface area contributed by atoms with Crippen molar-refractivity contribution in [1.82, 2.24) is 4.98 Å². The van der Waals surface area contributed by atoms with Crippen molar-refractivity contribution < 1.29 is 9.90 Å². The maximum Gasteiger partial charge on any atom is 0.264 e. The van der Waals surface area contributed by atoms with Crippen molar-refractivity contribution in [2.45, 2.75) is 31.9 Å². The van der Waals surface area contributed by atoms with Crippen LogP contribution in [-0.4, -0.2) is 16.0 Å². The molecule has 0 saturated heterocycles. The quantitative estimate of drug-likeness (QED) is 0.769. The van der Waals surface area contributed by atoms with Crippen LogP contribution in [0.15, 0.2) is 72.9 Å². The second-order valence-corrected chi connectivity index (χ2v) is 7.14. The minimum absolute atomic E-state index is 0.154. The fourth-order valence-electron chi connectivity index (χ4n) is 3.82. The van der Waals surface area contributed by atoms with Gasteiger partial charge in [0.05, 0.1) is 11.7 Å². The maximum absolute atomic E-state index is 13.5. The third kappa shape index (κ3) is 2.92. The van der Waals surface area contributed by atoms with Gasteiger partial charge in [0.1, 0.15) is 0 Å². The predicted molar refractivity (Wildman–Crippen MR) is 105 cm³/mol. The smallest absolute Gasteiger partial charge is 0.264 e. The van der Waals surface area contributed by atoms with Gasteiger partial charge in [-0.25, -0.2) is 0 Å². The van der Waals surface area contributed by atoms with Gasteiger partial charge in [-0.1, -0.05) is 54.1 Å². The fourth-order valence-corrected chi connectivity index (χ4v) is 3.82. The number of nitrogens with zero attached hydrogens (tertiary/aromatic N) is 2. The Morgan fingerprint density at radius 1 is 1.07 bits per heavy atom. The van der Waals surface area contributed by atoms with E-state index in [1.165, 1.54) is 0 Å². The van der Waals surface area contributed by atoms with E-state index in [2.05, 4.69) is 4.98 Å². The number of hydrogen-bond acceptors (Lipinski definition) is 3. The first-order valence-electron chi connectivity index (χ1n) is 9.13. The van der Waals surface area contributed by atoms with Crippen molar-refractivity contribution in [2.24, 2.45) is 0 Å². The average Bonchev–Trinajstić information content (AvgIpc) is 2.90. The number of aliphatic hydroxyl groups is 1. The second-order valence-electron chi connectivity index (χ2n) is 7.14. The summed E-state index contributed by atoms with van der Waals surface area (Å²) in [6.45, 7) is 3.96. The Morgan fingerprint density at radius 2 is 1.81 bits per heavy atom. The summed E-state index contributed by atoms with van der Waals surface area (Å²) in [7, 11) is 0. The van der Waals surface area contributed by atoms with Gasteiger partial charge in [-0.2, -0.15) is 0 Å². The molecule has 2 unspecified atom stereocenters. The Balaban J connectivity index is 1.81. The topological polar surface area (TPSA) is 53.4 Å². The highest BCUT2D eigenvalue weighted by Crippen LogP contribution is 2.46. The maximum atomic E-state index is 13.5. The lowest BCUT2D eigenvalue weighted by molar-refractivity contribution is -0.136. The summed E-state index contributed by atoms with van der Waals surface area (Å²) in [5.74, 6) is -0.301. The molecule has 2 heterocycles. The van der Waals surface area contributed by atoms with Gasteiger partial charge in [0.2, 0.25) is 0 Å². The molecule has 0 saturated carbocycles. The number of hydrogen-bond donors (Lipinski definition) is 1. The molecule has 1 aliphatic heterocycles. The van der Waals surface area contributed by atoms with Gasteiger partial charge in [0, 0.05) is 23.9 Å². The Kier molecular flexibility index (Phi) is 4.28. The summed E-state index contributed by atoms with van der Waals surface area (Å²) in [5, 5.41) is 11.5. The molecule has 3 aromatic rings. The molecule has 4 nitrogen and oxygen atoms in total. The average molecular weight is 358 g/mol. The second kappa shape index (κ2) is 6.63. The standard InChI is InChI=1S/C23H22N2O2/c1-16-11-12-21-20(14-16)23(27,15-19-10-6-7-13-24-19)22(26)25(21)17(2)18-8-4-3-5-9-18/h3-14,17,27H,15H2,1-2H3. The molecule has 2 aromatic carbocycles. The fraction of sp³-hybridized carbons (Fsp3) is 0.217.